The fourth-order valence-electron chi connectivity index (χ4n) is 2.29. The topological polar surface area (TPSA) is 17.1 Å². The van der Waals surface area contributed by atoms with Crippen LogP contribution in [0.5, 0.6) is 0 Å². The summed E-state index contributed by atoms with van der Waals surface area (Å²) in [6.07, 6.45) is 2.72. The largest absolute Gasteiger partial charge is 0.303 e. The van der Waals surface area contributed by atoms with E-state index in [1.54, 1.807) is 6.07 Å². The Hall–Kier alpha value is -1.18. The molecule has 0 N–H and O–H groups in total. The molecule has 0 saturated carbocycles. The average Bonchev–Trinajstić information content (AvgIpc) is 2.62. The fraction of sp³-hybridized carbons (Fsp3) is 0.417. The van der Waals surface area contributed by atoms with Crippen molar-refractivity contribution in [3.8, 4) is 0 Å². The molecule has 1 aliphatic rings. The minimum Gasteiger partial charge on any atom is -0.303 e. The Bertz CT molecular complexity index is 359. The molecule has 2 unspecified atom stereocenters. The maximum absolute atomic E-state index is 13.5. The normalized spacial score (nSPS) is 21.7. The van der Waals surface area contributed by atoms with Crippen LogP contribution in [0.4, 0.5) is 4.39 Å². The molecule has 0 aromatic heterocycles. The first kappa shape index (κ1) is 9.38. The Morgan fingerprint density at radius 1 is 1.57 bits per heavy atom. The molecule has 2 atom stereocenters. The van der Waals surface area contributed by atoms with E-state index in [1.165, 1.54) is 6.07 Å². The number of carbonyl (C=O) groups excluding carboxylic acids is 1. The summed E-state index contributed by atoms with van der Waals surface area (Å²) < 4.78 is 13.5. The number of halogens is 1. The third-order valence-corrected chi connectivity index (χ3v) is 3.09. The molecule has 0 spiro atoms. The van der Waals surface area contributed by atoms with Crippen molar-refractivity contribution < 1.29 is 9.18 Å². The van der Waals surface area contributed by atoms with Crippen LogP contribution in [0.25, 0.3) is 0 Å². The van der Waals surface area contributed by atoms with Crippen LogP contribution in [0, 0.1) is 11.7 Å². The summed E-state index contributed by atoms with van der Waals surface area (Å²) in [7, 11) is 0. The van der Waals surface area contributed by atoms with E-state index >= 15 is 0 Å². The van der Waals surface area contributed by atoms with Crippen molar-refractivity contribution in [2.24, 2.45) is 5.92 Å². The van der Waals surface area contributed by atoms with Gasteiger partial charge in [0.05, 0.1) is 0 Å². The molecule has 0 radical (unpaired) electrons. The van der Waals surface area contributed by atoms with Gasteiger partial charge in [0.1, 0.15) is 12.1 Å². The Morgan fingerprint density at radius 2 is 2.36 bits per heavy atom. The minimum absolute atomic E-state index is 0.0758. The zero-order valence-corrected chi connectivity index (χ0v) is 8.16. The summed E-state index contributed by atoms with van der Waals surface area (Å²) in [5.74, 6) is -0.143. The predicted octanol–water partition coefficient (Wildman–Crippen LogP) is 2.69. The van der Waals surface area contributed by atoms with Gasteiger partial charge in [-0.05, 0) is 36.0 Å². The Morgan fingerprint density at radius 3 is 3.07 bits per heavy atom. The van der Waals surface area contributed by atoms with E-state index in [2.05, 4.69) is 0 Å². The summed E-state index contributed by atoms with van der Waals surface area (Å²) in [5.41, 5.74) is 1.84. The van der Waals surface area contributed by atoms with Crippen LogP contribution in [0.3, 0.4) is 0 Å². The van der Waals surface area contributed by atoms with Gasteiger partial charge in [-0.3, -0.25) is 0 Å². The molecule has 1 aromatic carbocycles. The molecule has 0 bridgehead atoms. The van der Waals surface area contributed by atoms with E-state index in [9.17, 15) is 9.18 Å². The van der Waals surface area contributed by atoms with Crippen molar-refractivity contribution in [1.82, 2.24) is 0 Å². The zero-order chi connectivity index (χ0) is 10.1. The van der Waals surface area contributed by atoms with Crippen LogP contribution in [0.15, 0.2) is 18.2 Å². The predicted molar refractivity (Wildman–Crippen MR) is 52.7 cm³/mol. The van der Waals surface area contributed by atoms with Crippen LogP contribution in [0.2, 0.25) is 0 Å². The van der Waals surface area contributed by atoms with Crippen molar-refractivity contribution in [3.63, 3.8) is 0 Å². The first-order valence-corrected chi connectivity index (χ1v) is 4.96. The van der Waals surface area contributed by atoms with Gasteiger partial charge < -0.3 is 4.79 Å². The number of hydrogen-bond donors (Lipinski definition) is 0. The molecule has 0 saturated heterocycles. The number of fused-ring (bicyclic) bond motifs is 1. The van der Waals surface area contributed by atoms with Crippen molar-refractivity contribution in [1.29, 1.82) is 0 Å². The van der Waals surface area contributed by atoms with E-state index in [1.807, 2.05) is 13.0 Å². The van der Waals surface area contributed by atoms with Crippen LogP contribution in [-0.2, 0) is 11.2 Å². The maximum Gasteiger partial charge on any atom is 0.126 e. The van der Waals surface area contributed by atoms with Gasteiger partial charge in [-0.15, -0.1) is 0 Å². The monoisotopic (exact) mass is 192 g/mol. The van der Waals surface area contributed by atoms with Gasteiger partial charge in [-0.2, -0.15) is 0 Å². The third-order valence-electron chi connectivity index (χ3n) is 3.09. The summed E-state index contributed by atoms with van der Waals surface area (Å²) >= 11 is 0. The van der Waals surface area contributed by atoms with Gasteiger partial charge >= 0.3 is 0 Å². The molecule has 2 heteroatoms. The summed E-state index contributed by atoms with van der Waals surface area (Å²) in [5, 5.41) is 0. The van der Waals surface area contributed by atoms with E-state index in [4.69, 9.17) is 0 Å². The molecule has 0 fully saturated rings. The molecule has 0 aliphatic heterocycles. The molecule has 14 heavy (non-hydrogen) atoms. The molecule has 1 nitrogen and oxygen atoms in total. The van der Waals surface area contributed by atoms with Crippen LogP contribution < -0.4 is 0 Å². The number of aldehydes is 1. The van der Waals surface area contributed by atoms with Crippen LogP contribution in [-0.4, -0.2) is 6.29 Å². The molecular weight excluding hydrogens is 179 g/mol. The molecular formula is C12H13FO. The summed E-state index contributed by atoms with van der Waals surface area (Å²) in [6.45, 7) is 1.86. The minimum atomic E-state index is -0.154. The Balaban J connectivity index is 2.42. The maximum atomic E-state index is 13.5. The van der Waals surface area contributed by atoms with E-state index in [0.717, 1.165) is 30.3 Å². The molecule has 74 valence electrons. The summed E-state index contributed by atoms with van der Waals surface area (Å²) in [6, 6.07) is 5.17. The van der Waals surface area contributed by atoms with Gasteiger partial charge in [-0.25, -0.2) is 4.39 Å². The van der Waals surface area contributed by atoms with Crippen molar-refractivity contribution in [2.45, 2.75) is 25.7 Å². The van der Waals surface area contributed by atoms with E-state index in [-0.39, 0.29) is 17.7 Å². The van der Waals surface area contributed by atoms with Gasteiger partial charge in [0.15, 0.2) is 0 Å². The second-order valence-corrected chi connectivity index (χ2v) is 3.95. The lowest BCUT2D eigenvalue weighted by Gasteiger charge is -2.14. The number of carbonyl (C=O) groups is 1. The van der Waals surface area contributed by atoms with Gasteiger partial charge in [0.2, 0.25) is 0 Å². The number of benzene rings is 1. The number of hydrogen-bond acceptors (Lipinski definition) is 1. The molecule has 1 aromatic rings. The van der Waals surface area contributed by atoms with Gasteiger partial charge in [0.25, 0.3) is 0 Å². The quantitative estimate of drug-likeness (QED) is 0.658. The molecule has 0 amide bonds. The van der Waals surface area contributed by atoms with Crippen molar-refractivity contribution in [3.05, 3.63) is 35.1 Å². The Kier molecular flexibility index (Phi) is 2.36. The second kappa shape index (κ2) is 3.52. The molecule has 2 rings (SSSR count). The first-order valence-electron chi connectivity index (χ1n) is 4.96. The lowest BCUT2D eigenvalue weighted by molar-refractivity contribution is -0.111. The SMILES string of the molecule is CC(C=O)C1CCc2cccc(F)c21. The summed E-state index contributed by atoms with van der Waals surface area (Å²) in [4.78, 5) is 10.7. The highest BCUT2D eigenvalue weighted by molar-refractivity contribution is 5.56. The van der Waals surface area contributed by atoms with Gasteiger partial charge in [-0.1, -0.05) is 19.1 Å². The highest BCUT2D eigenvalue weighted by atomic mass is 19.1. The van der Waals surface area contributed by atoms with Crippen LogP contribution in [0.1, 0.15) is 30.4 Å². The van der Waals surface area contributed by atoms with Crippen LogP contribution >= 0.6 is 0 Å². The highest BCUT2D eigenvalue weighted by Gasteiger charge is 2.29. The lowest BCUT2D eigenvalue weighted by Crippen LogP contribution is -2.09. The highest BCUT2D eigenvalue weighted by Crippen LogP contribution is 2.38. The van der Waals surface area contributed by atoms with E-state index < -0.39 is 0 Å². The Labute approximate surface area is 82.9 Å². The lowest BCUT2D eigenvalue weighted by atomic mass is 9.89. The van der Waals surface area contributed by atoms with Gasteiger partial charge in [0, 0.05) is 5.92 Å². The third kappa shape index (κ3) is 1.35. The smallest absolute Gasteiger partial charge is 0.126 e. The van der Waals surface area contributed by atoms with Crippen molar-refractivity contribution in [2.75, 3.05) is 0 Å². The first-order chi connectivity index (χ1) is 6.74. The standard InChI is InChI=1S/C12H13FO/c1-8(7-14)10-6-5-9-3-2-4-11(13)12(9)10/h2-4,7-8,10H,5-6H2,1H3. The molecule has 0 heterocycles. The molecule has 1 aliphatic carbocycles. The van der Waals surface area contributed by atoms with Crippen molar-refractivity contribution >= 4 is 6.29 Å². The fourth-order valence-corrected chi connectivity index (χ4v) is 2.29. The number of aryl methyl sites for hydroxylation is 1. The van der Waals surface area contributed by atoms with E-state index in [0.29, 0.717) is 0 Å². The zero-order valence-electron chi connectivity index (χ0n) is 8.16. The second-order valence-electron chi connectivity index (χ2n) is 3.95. The number of rotatable bonds is 2. The average molecular weight is 192 g/mol.